The molecular weight excluding hydrogens is 520 g/mol. The summed E-state index contributed by atoms with van der Waals surface area (Å²) in [7, 11) is -2.17. The SMILES string of the molecule is CC(C)c1ccc(NC(=O)c2cc3cc(N(C)S(=O)(=O)c4ccc(Br)cc4)ccc3s2)cc1. The Kier molecular flexibility index (Phi) is 6.61. The lowest BCUT2D eigenvalue weighted by Crippen LogP contribution is -2.26. The Labute approximate surface area is 206 Å². The number of carbonyl (C=O) groups is 1. The summed E-state index contributed by atoms with van der Waals surface area (Å²) < 4.78 is 29.0. The van der Waals surface area contributed by atoms with Gasteiger partial charge in [0.15, 0.2) is 0 Å². The van der Waals surface area contributed by atoms with E-state index in [1.807, 2.05) is 30.3 Å². The molecule has 170 valence electrons. The van der Waals surface area contributed by atoms with Crippen LogP contribution in [0.1, 0.15) is 35.0 Å². The van der Waals surface area contributed by atoms with E-state index in [1.54, 1.807) is 42.5 Å². The van der Waals surface area contributed by atoms with Crippen molar-refractivity contribution in [2.45, 2.75) is 24.7 Å². The van der Waals surface area contributed by atoms with E-state index in [1.165, 1.54) is 28.3 Å². The van der Waals surface area contributed by atoms with Crippen molar-refractivity contribution in [1.82, 2.24) is 0 Å². The molecule has 33 heavy (non-hydrogen) atoms. The van der Waals surface area contributed by atoms with E-state index in [2.05, 4.69) is 35.1 Å². The van der Waals surface area contributed by atoms with Crippen molar-refractivity contribution >= 4 is 64.7 Å². The van der Waals surface area contributed by atoms with Gasteiger partial charge in [0.1, 0.15) is 0 Å². The van der Waals surface area contributed by atoms with Gasteiger partial charge in [0.05, 0.1) is 15.5 Å². The van der Waals surface area contributed by atoms with Crippen molar-refractivity contribution in [1.29, 1.82) is 0 Å². The highest BCUT2D eigenvalue weighted by Gasteiger charge is 2.22. The minimum absolute atomic E-state index is 0.189. The van der Waals surface area contributed by atoms with Crippen molar-refractivity contribution in [3.63, 3.8) is 0 Å². The van der Waals surface area contributed by atoms with E-state index in [4.69, 9.17) is 0 Å². The number of thiophene rings is 1. The number of amides is 1. The van der Waals surface area contributed by atoms with Crippen LogP contribution in [-0.4, -0.2) is 21.4 Å². The smallest absolute Gasteiger partial charge is 0.265 e. The fourth-order valence-corrected chi connectivity index (χ4v) is 5.78. The minimum atomic E-state index is -3.70. The molecule has 1 amide bonds. The van der Waals surface area contributed by atoms with Crippen molar-refractivity contribution < 1.29 is 13.2 Å². The van der Waals surface area contributed by atoms with E-state index >= 15 is 0 Å². The molecule has 4 aromatic rings. The molecule has 0 saturated carbocycles. The van der Waals surface area contributed by atoms with Crippen molar-refractivity contribution in [3.05, 3.63) is 87.7 Å². The zero-order valence-corrected chi connectivity index (χ0v) is 21.6. The second-order valence-corrected chi connectivity index (χ2v) is 12.0. The maximum absolute atomic E-state index is 13.0. The van der Waals surface area contributed by atoms with E-state index in [0.717, 1.165) is 20.2 Å². The molecule has 0 aliphatic carbocycles. The molecule has 0 aliphatic rings. The van der Waals surface area contributed by atoms with Crippen molar-refractivity contribution in [2.24, 2.45) is 0 Å². The molecule has 0 aliphatic heterocycles. The van der Waals surface area contributed by atoms with Gasteiger partial charge in [0, 0.05) is 21.9 Å². The number of rotatable bonds is 6. The third kappa shape index (κ3) is 4.98. The first-order valence-electron chi connectivity index (χ1n) is 10.3. The maximum Gasteiger partial charge on any atom is 0.265 e. The standard InChI is InChI=1S/C25H23BrN2O3S2/c1-16(2)17-4-8-20(9-5-17)27-25(29)24-15-18-14-21(10-13-23(18)32-24)28(3)33(30,31)22-11-6-19(26)7-12-22/h4-16H,1-3H3,(H,27,29). The van der Waals surface area contributed by atoms with Crippen LogP contribution in [0.15, 0.2) is 82.2 Å². The highest BCUT2D eigenvalue weighted by Crippen LogP contribution is 2.32. The van der Waals surface area contributed by atoms with Gasteiger partial charge in [-0.25, -0.2) is 8.42 Å². The van der Waals surface area contributed by atoms with Crippen LogP contribution in [0, 0.1) is 0 Å². The first-order chi connectivity index (χ1) is 15.6. The van der Waals surface area contributed by atoms with Crippen LogP contribution in [0.5, 0.6) is 0 Å². The first kappa shape index (κ1) is 23.5. The van der Waals surface area contributed by atoms with Gasteiger partial charge >= 0.3 is 0 Å². The largest absolute Gasteiger partial charge is 0.321 e. The third-order valence-electron chi connectivity index (χ3n) is 5.39. The van der Waals surface area contributed by atoms with Crippen molar-refractivity contribution in [2.75, 3.05) is 16.7 Å². The zero-order chi connectivity index (χ0) is 23.8. The van der Waals surface area contributed by atoms with Crippen LogP contribution in [0.3, 0.4) is 0 Å². The first-order valence-corrected chi connectivity index (χ1v) is 13.4. The van der Waals surface area contributed by atoms with E-state index in [9.17, 15) is 13.2 Å². The Morgan fingerprint density at radius 3 is 2.27 bits per heavy atom. The Morgan fingerprint density at radius 1 is 0.970 bits per heavy atom. The van der Waals surface area contributed by atoms with Gasteiger partial charge in [-0.3, -0.25) is 9.10 Å². The van der Waals surface area contributed by atoms with Gasteiger partial charge in [0.2, 0.25) is 0 Å². The normalized spacial score (nSPS) is 11.7. The van der Waals surface area contributed by atoms with Gasteiger partial charge in [-0.15, -0.1) is 11.3 Å². The monoisotopic (exact) mass is 542 g/mol. The minimum Gasteiger partial charge on any atom is -0.321 e. The summed E-state index contributed by atoms with van der Waals surface area (Å²) in [6, 6.07) is 21.5. The maximum atomic E-state index is 13.0. The Hall–Kier alpha value is -2.68. The van der Waals surface area contributed by atoms with E-state index < -0.39 is 10.0 Å². The lowest BCUT2D eigenvalue weighted by atomic mass is 10.0. The number of carbonyl (C=O) groups excluding carboxylic acids is 1. The molecule has 0 fully saturated rings. The molecule has 0 atom stereocenters. The molecule has 0 saturated heterocycles. The van der Waals surface area contributed by atoms with Gasteiger partial charge < -0.3 is 5.32 Å². The van der Waals surface area contributed by atoms with Crippen LogP contribution in [0.4, 0.5) is 11.4 Å². The van der Waals surface area contributed by atoms with Crippen LogP contribution in [0.2, 0.25) is 0 Å². The number of hydrogen-bond donors (Lipinski definition) is 1. The number of anilines is 2. The van der Waals surface area contributed by atoms with E-state index in [0.29, 0.717) is 16.5 Å². The molecule has 3 aromatic carbocycles. The van der Waals surface area contributed by atoms with Crippen molar-refractivity contribution in [3.8, 4) is 0 Å². The molecule has 1 heterocycles. The quantitative estimate of drug-likeness (QED) is 0.289. The summed E-state index contributed by atoms with van der Waals surface area (Å²) in [4.78, 5) is 13.6. The number of sulfonamides is 1. The number of nitrogens with one attached hydrogen (secondary N) is 1. The predicted molar refractivity (Wildman–Crippen MR) is 140 cm³/mol. The molecule has 0 unspecified atom stereocenters. The van der Waals surface area contributed by atoms with Crippen LogP contribution >= 0.6 is 27.3 Å². The number of halogens is 1. The Bertz CT molecular complexity index is 1410. The number of fused-ring (bicyclic) bond motifs is 1. The average molecular weight is 544 g/mol. The fourth-order valence-electron chi connectivity index (χ4n) is 3.39. The summed E-state index contributed by atoms with van der Waals surface area (Å²) in [5.74, 6) is 0.239. The summed E-state index contributed by atoms with van der Waals surface area (Å²) in [6.07, 6.45) is 0. The molecular formula is C25H23BrN2O3S2. The second kappa shape index (κ2) is 9.29. The molecule has 8 heteroatoms. The summed E-state index contributed by atoms with van der Waals surface area (Å²) >= 11 is 4.70. The lowest BCUT2D eigenvalue weighted by molar-refractivity contribution is 0.103. The number of hydrogen-bond acceptors (Lipinski definition) is 4. The molecule has 1 aromatic heterocycles. The van der Waals surface area contributed by atoms with Crippen LogP contribution < -0.4 is 9.62 Å². The van der Waals surface area contributed by atoms with E-state index in [-0.39, 0.29) is 10.8 Å². The molecule has 1 N–H and O–H groups in total. The molecule has 0 bridgehead atoms. The van der Waals surface area contributed by atoms with Gasteiger partial charge in [-0.1, -0.05) is 41.9 Å². The van der Waals surface area contributed by atoms with Gasteiger partial charge in [0.25, 0.3) is 15.9 Å². The topological polar surface area (TPSA) is 66.5 Å². The molecule has 0 spiro atoms. The number of nitrogens with zero attached hydrogens (tertiary/aromatic N) is 1. The second-order valence-electron chi connectivity index (χ2n) is 7.99. The molecule has 5 nitrogen and oxygen atoms in total. The predicted octanol–water partition coefficient (Wildman–Crippen LogP) is 6.86. The summed E-state index contributed by atoms with van der Waals surface area (Å²) in [5.41, 5.74) is 2.48. The highest BCUT2D eigenvalue weighted by atomic mass is 79.9. The highest BCUT2D eigenvalue weighted by molar-refractivity contribution is 9.10. The molecule has 4 rings (SSSR count). The van der Waals surface area contributed by atoms with Crippen LogP contribution in [-0.2, 0) is 10.0 Å². The average Bonchev–Trinajstić information content (AvgIpc) is 3.23. The fraction of sp³-hybridized carbons (Fsp3) is 0.160. The molecule has 0 radical (unpaired) electrons. The zero-order valence-electron chi connectivity index (χ0n) is 18.4. The lowest BCUT2D eigenvalue weighted by Gasteiger charge is -2.19. The Morgan fingerprint density at radius 2 is 1.64 bits per heavy atom. The summed E-state index contributed by atoms with van der Waals surface area (Å²) in [5, 5.41) is 3.75. The Balaban J connectivity index is 1.56. The van der Waals surface area contributed by atoms with Gasteiger partial charge in [-0.2, -0.15) is 0 Å². The third-order valence-corrected chi connectivity index (χ3v) is 8.84. The number of benzene rings is 3. The summed E-state index contributed by atoms with van der Waals surface area (Å²) in [6.45, 7) is 4.25. The van der Waals surface area contributed by atoms with Crippen LogP contribution in [0.25, 0.3) is 10.1 Å². The van der Waals surface area contributed by atoms with Gasteiger partial charge in [-0.05, 0) is 77.5 Å².